The van der Waals surface area contributed by atoms with Gasteiger partial charge in [-0.15, -0.1) is 6.58 Å². The molecule has 0 unspecified atom stereocenters. The molecule has 1 aromatic heterocycles. The SMILES string of the molecule is C=CC.CC1CCCC1.CN=C(c1ccc(Oc2cccc(F)c2)cc1F)c1c(C)ncnc1N.NC=O. The van der Waals surface area contributed by atoms with E-state index in [4.69, 9.17) is 15.3 Å². The molecule has 0 spiro atoms. The first-order chi connectivity index (χ1) is 18.2. The van der Waals surface area contributed by atoms with Crippen LogP contribution in [0.1, 0.15) is 56.4 Å². The lowest BCUT2D eigenvalue weighted by molar-refractivity contribution is -0.106. The van der Waals surface area contributed by atoms with E-state index in [1.807, 2.05) is 6.92 Å². The molecule has 0 aliphatic heterocycles. The molecule has 1 aliphatic rings. The summed E-state index contributed by atoms with van der Waals surface area (Å²) in [5, 5.41) is 0. The Bertz CT molecular complexity index is 1170. The topological polar surface area (TPSA) is 116 Å². The third kappa shape index (κ3) is 10.5. The second-order valence-electron chi connectivity index (χ2n) is 8.43. The first kappa shape index (κ1) is 31.9. The fourth-order valence-corrected chi connectivity index (χ4v) is 3.70. The molecule has 7 nitrogen and oxygen atoms in total. The second kappa shape index (κ2) is 17.3. The number of aryl methyl sites for hydroxylation is 1. The molecule has 1 heterocycles. The van der Waals surface area contributed by atoms with Crippen molar-refractivity contribution in [1.82, 2.24) is 9.97 Å². The van der Waals surface area contributed by atoms with Crippen LogP contribution in [0.3, 0.4) is 0 Å². The lowest BCUT2D eigenvalue weighted by Crippen LogP contribution is -2.13. The van der Waals surface area contributed by atoms with Crippen LogP contribution in [0.25, 0.3) is 0 Å². The van der Waals surface area contributed by atoms with E-state index in [9.17, 15) is 8.78 Å². The lowest BCUT2D eigenvalue weighted by atomic mass is 10.0. The highest BCUT2D eigenvalue weighted by molar-refractivity contribution is 6.16. The minimum Gasteiger partial charge on any atom is -0.457 e. The van der Waals surface area contributed by atoms with Crippen molar-refractivity contribution in [2.45, 2.75) is 46.5 Å². The first-order valence-electron chi connectivity index (χ1n) is 12.2. The average molecular weight is 526 g/mol. The molecule has 0 saturated heterocycles. The minimum atomic E-state index is -0.554. The van der Waals surface area contributed by atoms with Gasteiger partial charge in [0.05, 0.1) is 17.0 Å². The van der Waals surface area contributed by atoms with Gasteiger partial charge in [0, 0.05) is 24.7 Å². The lowest BCUT2D eigenvalue weighted by Gasteiger charge is -2.13. The van der Waals surface area contributed by atoms with E-state index < -0.39 is 11.6 Å². The Morgan fingerprint density at radius 1 is 1.13 bits per heavy atom. The molecule has 0 radical (unpaired) electrons. The Hall–Kier alpha value is -4.14. The van der Waals surface area contributed by atoms with Crippen LogP contribution in [0, 0.1) is 24.5 Å². The molecule has 204 valence electrons. The van der Waals surface area contributed by atoms with Gasteiger partial charge in [-0.25, -0.2) is 18.7 Å². The molecular formula is C29H37F2N5O2. The van der Waals surface area contributed by atoms with Crippen LogP contribution in [0.2, 0.25) is 0 Å². The number of benzene rings is 2. The largest absolute Gasteiger partial charge is 0.457 e. The number of anilines is 1. The Labute approximate surface area is 223 Å². The summed E-state index contributed by atoms with van der Waals surface area (Å²) in [5.74, 6) is 0.791. The average Bonchev–Trinajstić information content (AvgIpc) is 3.35. The number of nitrogen functional groups attached to an aromatic ring is 1. The zero-order valence-electron chi connectivity index (χ0n) is 22.5. The smallest absolute Gasteiger partial charge is 0.204 e. The van der Waals surface area contributed by atoms with Crippen molar-refractivity contribution in [2.24, 2.45) is 16.6 Å². The zero-order chi connectivity index (χ0) is 28.5. The molecule has 1 saturated carbocycles. The van der Waals surface area contributed by atoms with E-state index in [2.05, 4.69) is 34.2 Å². The molecule has 38 heavy (non-hydrogen) atoms. The summed E-state index contributed by atoms with van der Waals surface area (Å²) in [6.07, 6.45) is 9.29. The zero-order valence-corrected chi connectivity index (χ0v) is 22.5. The summed E-state index contributed by atoms with van der Waals surface area (Å²) in [5.41, 5.74) is 11.7. The second-order valence-corrected chi connectivity index (χ2v) is 8.43. The number of ether oxygens (including phenoxy) is 1. The fourth-order valence-electron chi connectivity index (χ4n) is 3.70. The van der Waals surface area contributed by atoms with E-state index >= 15 is 0 Å². The number of allylic oxidation sites excluding steroid dienone is 1. The number of hydrogen-bond acceptors (Lipinski definition) is 6. The standard InChI is InChI=1S/C19H16F2N4O.C6H12.C3H6.CH3NO/c1-11-17(19(22)25-10-24-11)18(23-2)15-7-6-14(9-16(15)21)26-13-5-3-4-12(20)8-13;1-6-4-2-3-5-6;1-3-2;2-1-3/h3-10H,1-2H3,(H2,22,24,25);6H,2-5H2,1H3;3H,1H2,2H3;1H,(H2,2,3). The van der Waals surface area contributed by atoms with Crippen molar-refractivity contribution < 1.29 is 18.3 Å². The van der Waals surface area contributed by atoms with E-state index in [1.54, 1.807) is 25.1 Å². The number of nitrogens with two attached hydrogens (primary N) is 2. The van der Waals surface area contributed by atoms with Crippen LogP contribution >= 0.6 is 0 Å². The fraction of sp³-hybridized carbons (Fsp3) is 0.310. The number of aliphatic imine (C=N–C) groups is 1. The van der Waals surface area contributed by atoms with Gasteiger partial charge >= 0.3 is 0 Å². The van der Waals surface area contributed by atoms with Crippen molar-refractivity contribution in [2.75, 3.05) is 12.8 Å². The minimum absolute atomic E-state index is 0.220. The number of halogens is 2. The number of primary amides is 1. The summed E-state index contributed by atoms with van der Waals surface area (Å²) >= 11 is 0. The normalized spacial score (nSPS) is 12.5. The molecule has 1 aliphatic carbocycles. The first-order valence-corrected chi connectivity index (χ1v) is 12.2. The maximum absolute atomic E-state index is 14.7. The molecule has 2 aromatic carbocycles. The quantitative estimate of drug-likeness (QED) is 0.232. The van der Waals surface area contributed by atoms with Crippen LogP contribution in [-0.2, 0) is 4.79 Å². The van der Waals surface area contributed by atoms with Crippen molar-refractivity contribution in [3.63, 3.8) is 0 Å². The summed E-state index contributed by atoms with van der Waals surface area (Å²) in [6.45, 7) is 9.34. The molecule has 0 atom stereocenters. The number of amides is 1. The van der Waals surface area contributed by atoms with Crippen molar-refractivity contribution in [1.29, 1.82) is 0 Å². The van der Waals surface area contributed by atoms with Gasteiger partial charge < -0.3 is 16.2 Å². The van der Waals surface area contributed by atoms with Gasteiger partial charge in [0.1, 0.15) is 35.3 Å². The number of carbonyl (C=O) groups excluding carboxylic acids is 1. The maximum atomic E-state index is 14.7. The number of hydrogen-bond donors (Lipinski definition) is 2. The van der Waals surface area contributed by atoms with E-state index in [0.29, 0.717) is 17.0 Å². The van der Waals surface area contributed by atoms with Crippen LogP contribution in [-0.4, -0.2) is 29.1 Å². The molecule has 1 amide bonds. The molecule has 4 rings (SSSR count). The van der Waals surface area contributed by atoms with Crippen molar-refractivity contribution >= 4 is 17.9 Å². The van der Waals surface area contributed by atoms with E-state index in [1.165, 1.54) is 69.4 Å². The van der Waals surface area contributed by atoms with Gasteiger partial charge in [0.15, 0.2) is 0 Å². The van der Waals surface area contributed by atoms with Crippen LogP contribution in [0.5, 0.6) is 11.5 Å². The number of carbonyl (C=O) groups is 1. The molecule has 0 bridgehead atoms. The molecular weight excluding hydrogens is 488 g/mol. The van der Waals surface area contributed by atoms with Crippen LogP contribution in [0.15, 0.2) is 66.4 Å². The van der Waals surface area contributed by atoms with Gasteiger partial charge in [-0.2, -0.15) is 0 Å². The molecule has 1 fully saturated rings. The maximum Gasteiger partial charge on any atom is 0.204 e. The van der Waals surface area contributed by atoms with Crippen molar-refractivity contribution in [3.8, 4) is 11.5 Å². The van der Waals surface area contributed by atoms with Gasteiger partial charge in [-0.05, 0) is 44.0 Å². The highest BCUT2D eigenvalue weighted by Crippen LogP contribution is 2.27. The van der Waals surface area contributed by atoms with E-state index in [-0.39, 0.29) is 29.3 Å². The van der Waals surface area contributed by atoms with Gasteiger partial charge in [0.2, 0.25) is 6.41 Å². The molecule has 9 heteroatoms. The third-order valence-electron chi connectivity index (χ3n) is 5.40. The van der Waals surface area contributed by atoms with Crippen LogP contribution in [0.4, 0.5) is 14.6 Å². The Morgan fingerprint density at radius 2 is 1.74 bits per heavy atom. The van der Waals surface area contributed by atoms with Gasteiger partial charge in [-0.3, -0.25) is 9.79 Å². The predicted octanol–water partition coefficient (Wildman–Crippen LogP) is 6.40. The number of rotatable bonds is 4. The highest BCUT2D eigenvalue weighted by atomic mass is 19.1. The predicted molar refractivity (Wildman–Crippen MR) is 149 cm³/mol. The third-order valence-corrected chi connectivity index (χ3v) is 5.40. The van der Waals surface area contributed by atoms with Gasteiger partial charge in [0.25, 0.3) is 0 Å². The Morgan fingerprint density at radius 3 is 2.21 bits per heavy atom. The number of aromatic nitrogens is 2. The summed E-state index contributed by atoms with van der Waals surface area (Å²) in [4.78, 5) is 20.8. The number of nitrogens with zero attached hydrogens (tertiary/aromatic N) is 3. The van der Waals surface area contributed by atoms with Crippen molar-refractivity contribution in [3.05, 3.63) is 89.9 Å². The van der Waals surface area contributed by atoms with Crippen LogP contribution < -0.4 is 16.2 Å². The Balaban J connectivity index is 0.000000501. The Kier molecular flexibility index (Phi) is 14.6. The monoisotopic (exact) mass is 525 g/mol. The van der Waals surface area contributed by atoms with E-state index in [0.717, 1.165) is 5.92 Å². The summed E-state index contributed by atoms with van der Waals surface area (Å²) in [7, 11) is 1.54. The summed E-state index contributed by atoms with van der Waals surface area (Å²) in [6, 6.07) is 9.92. The highest BCUT2D eigenvalue weighted by Gasteiger charge is 2.18. The molecule has 4 N–H and O–H groups in total. The van der Waals surface area contributed by atoms with Gasteiger partial charge in [-0.1, -0.05) is 44.7 Å². The molecule has 3 aromatic rings. The summed E-state index contributed by atoms with van der Waals surface area (Å²) < 4.78 is 33.4.